The minimum Gasteiger partial charge on any atom is -0.478 e. The Morgan fingerprint density at radius 3 is 2.52 bits per heavy atom. The van der Waals surface area contributed by atoms with E-state index < -0.39 is 37.3 Å². The molecule has 0 atom stereocenters. The lowest BCUT2D eigenvalue weighted by molar-refractivity contribution is 0.0696. The maximum absolute atomic E-state index is 13.6. The number of hydrogen-bond acceptors (Lipinski definition) is 4. The molecule has 9 heteroatoms. The van der Waals surface area contributed by atoms with E-state index in [-0.39, 0.29) is 26.1 Å². The van der Waals surface area contributed by atoms with Crippen molar-refractivity contribution in [1.82, 2.24) is 4.31 Å². The molecular weight excluding hydrogens is 325 g/mol. The van der Waals surface area contributed by atoms with Crippen LogP contribution < -0.4 is 0 Å². The van der Waals surface area contributed by atoms with Gasteiger partial charge in [-0.1, -0.05) is 18.5 Å². The Morgan fingerprint density at radius 1 is 1.43 bits per heavy atom. The highest BCUT2D eigenvalue weighted by Gasteiger charge is 2.26. The predicted octanol–water partition coefficient (Wildman–Crippen LogP) is 1.57. The molecule has 118 valence electrons. The van der Waals surface area contributed by atoms with Gasteiger partial charge in [-0.05, 0) is 18.6 Å². The summed E-state index contributed by atoms with van der Waals surface area (Å²) in [5.74, 6) is -2.64. The molecule has 6 nitrogen and oxygen atoms in total. The summed E-state index contributed by atoms with van der Waals surface area (Å²) in [5, 5.41) is 17.1. The first-order valence-corrected chi connectivity index (χ1v) is 7.90. The number of carbonyl (C=O) groups is 1. The van der Waals surface area contributed by atoms with Crippen molar-refractivity contribution < 1.29 is 27.8 Å². The Kier molecular flexibility index (Phi) is 6.09. The minimum absolute atomic E-state index is 0.0436. The van der Waals surface area contributed by atoms with E-state index >= 15 is 0 Å². The third-order valence-corrected chi connectivity index (χ3v) is 5.12. The fourth-order valence-corrected chi connectivity index (χ4v) is 3.43. The molecule has 0 saturated carbocycles. The van der Waals surface area contributed by atoms with Crippen LogP contribution in [0.5, 0.6) is 0 Å². The van der Waals surface area contributed by atoms with Crippen LogP contribution in [-0.2, 0) is 10.0 Å². The Bertz CT molecular complexity index is 635. The summed E-state index contributed by atoms with van der Waals surface area (Å²) in [6.45, 7) is 1.54. The molecule has 0 aliphatic heterocycles. The summed E-state index contributed by atoms with van der Waals surface area (Å²) in [6.07, 6.45) is 0.217. The van der Waals surface area contributed by atoms with Gasteiger partial charge in [0.05, 0.1) is 15.5 Å². The minimum atomic E-state index is -4.06. The molecule has 0 unspecified atom stereocenters. The Morgan fingerprint density at radius 2 is 2.05 bits per heavy atom. The van der Waals surface area contributed by atoms with Gasteiger partial charge < -0.3 is 10.2 Å². The van der Waals surface area contributed by atoms with Gasteiger partial charge in [-0.25, -0.2) is 17.6 Å². The lowest BCUT2D eigenvalue weighted by atomic mass is 10.2. The summed E-state index contributed by atoms with van der Waals surface area (Å²) in [5.41, 5.74) is -0.617. The van der Waals surface area contributed by atoms with E-state index in [9.17, 15) is 17.6 Å². The summed E-state index contributed by atoms with van der Waals surface area (Å²) >= 11 is 5.51. The zero-order valence-electron chi connectivity index (χ0n) is 11.2. The van der Waals surface area contributed by atoms with E-state index in [2.05, 4.69) is 0 Å². The van der Waals surface area contributed by atoms with Crippen molar-refractivity contribution >= 4 is 27.6 Å². The lowest BCUT2D eigenvalue weighted by Crippen LogP contribution is -2.32. The molecule has 0 amide bonds. The highest BCUT2D eigenvalue weighted by atomic mass is 35.5. The number of benzene rings is 1. The van der Waals surface area contributed by atoms with Crippen LogP contribution in [0.3, 0.4) is 0 Å². The highest BCUT2D eigenvalue weighted by molar-refractivity contribution is 7.89. The zero-order valence-corrected chi connectivity index (χ0v) is 12.8. The third kappa shape index (κ3) is 3.91. The van der Waals surface area contributed by atoms with Crippen molar-refractivity contribution in [3.8, 4) is 0 Å². The highest BCUT2D eigenvalue weighted by Crippen LogP contribution is 2.26. The average Bonchev–Trinajstić information content (AvgIpc) is 2.41. The van der Waals surface area contributed by atoms with Gasteiger partial charge in [-0.2, -0.15) is 4.31 Å². The second kappa shape index (κ2) is 7.17. The van der Waals surface area contributed by atoms with Crippen LogP contribution in [-0.4, -0.2) is 48.6 Å². The molecule has 0 saturated heterocycles. The average molecular weight is 340 g/mol. The molecule has 0 heterocycles. The van der Waals surface area contributed by atoms with E-state index in [4.69, 9.17) is 21.8 Å². The number of carboxylic acids is 1. The second-order valence-electron chi connectivity index (χ2n) is 4.15. The SMILES string of the molecule is CCN(CCCO)S(=O)(=O)c1cc(F)c(Cl)c(C(=O)O)c1. The summed E-state index contributed by atoms with van der Waals surface area (Å²) < 4.78 is 39.4. The monoisotopic (exact) mass is 339 g/mol. The number of aromatic carboxylic acids is 1. The summed E-state index contributed by atoms with van der Waals surface area (Å²) in [6, 6.07) is 1.51. The first kappa shape index (κ1) is 17.8. The van der Waals surface area contributed by atoms with Gasteiger partial charge in [-0.3, -0.25) is 0 Å². The number of aliphatic hydroxyl groups excluding tert-OH is 1. The van der Waals surface area contributed by atoms with E-state index in [1.807, 2.05) is 0 Å². The predicted molar refractivity (Wildman–Crippen MR) is 74.5 cm³/mol. The molecule has 21 heavy (non-hydrogen) atoms. The van der Waals surface area contributed by atoms with Crippen molar-refractivity contribution in [2.75, 3.05) is 19.7 Å². The molecule has 1 rings (SSSR count). The van der Waals surface area contributed by atoms with E-state index in [1.54, 1.807) is 6.92 Å². The van der Waals surface area contributed by atoms with Gasteiger partial charge >= 0.3 is 5.97 Å². The molecule has 0 fully saturated rings. The van der Waals surface area contributed by atoms with Crippen LogP contribution >= 0.6 is 11.6 Å². The van der Waals surface area contributed by atoms with Crippen LogP contribution in [0.15, 0.2) is 17.0 Å². The maximum Gasteiger partial charge on any atom is 0.337 e. The first-order chi connectivity index (χ1) is 9.75. The van der Waals surface area contributed by atoms with Crippen LogP contribution in [0.4, 0.5) is 4.39 Å². The molecule has 2 N–H and O–H groups in total. The van der Waals surface area contributed by atoms with Gasteiger partial charge in [-0.15, -0.1) is 0 Å². The fourth-order valence-electron chi connectivity index (χ4n) is 1.71. The number of halogens is 2. The molecule has 0 aromatic heterocycles. The van der Waals surface area contributed by atoms with E-state index in [0.717, 1.165) is 10.4 Å². The summed E-state index contributed by atoms with van der Waals surface area (Å²) in [7, 11) is -4.06. The van der Waals surface area contributed by atoms with Gasteiger partial charge in [0.15, 0.2) is 0 Å². The molecule has 0 aliphatic carbocycles. The Labute approximate surface area is 126 Å². The number of sulfonamides is 1. The van der Waals surface area contributed by atoms with Gasteiger partial charge in [0.2, 0.25) is 10.0 Å². The van der Waals surface area contributed by atoms with Gasteiger partial charge in [0.1, 0.15) is 5.82 Å². The second-order valence-corrected chi connectivity index (χ2v) is 6.46. The largest absolute Gasteiger partial charge is 0.478 e. The molecule has 1 aromatic carbocycles. The molecule has 0 radical (unpaired) electrons. The number of hydrogen-bond donors (Lipinski definition) is 2. The Balaban J connectivity index is 3.34. The van der Waals surface area contributed by atoms with E-state index in [1.165, 1.54) is 0 Å². The Hall–Kier alpha value is -1.22. The van der Waals surface area contributed by atoms with Crippen molar-refractivity contribution in [1.29, 1.82) is 0 Å². The van der Waals surface area contributed by atoms with Gasteiger partial charge in [0, 0.05) is 19.7 Å². The van der Waals surface area contributed by atoms with E-state index in [0.29, 0.717) is 6.07 Å². The molecule has 0 aliphatic rings. The number of aliphatic hydroxyl groups is 1. The lowest BCUT2D eigenvalue weighted by Gasteiger charge is -2.20. The van der Waals surface area contributed by atoms with Crippen LogP contribution in [0.25, 0.3) is 0 Å². The van der Waals surface area contributed by atoms with Crippen LogP contribution in [0, 0.1) is 5.82 Å². The third-order valence-electron chi connectivity index (χ3n) is 2.79. The van der Waals surface area contributed by atoms with Crippen LogP contribution in [0.2, 0.25) is 5.02 Å². The summed E-state index contributed by atoms with van der Waals surface area (Å²) in [4.78, 5) is 10.5. The molecule has 1 aromatic rings. The first-order valence-electron chi connectivity index (χ1n) is 6.09. The normalized spacial score (nSPS) is 11.9. The molecular formula is C12H15ClFNO5S. The fraction of sp³-hybridized carbons (Fsp3) is 0.417. The zero-order chi connectivity index (χ0) is 16.2. The standard InChI is InChI=1S/C12H15ClFNO5S/c1-2-15(4-3-5-16)21(19,20)8-6-9(12(17)18)11(13)10(14)7-8/h6-7,16H,2-5H2,1H3,(H,17,18). The van der Waals surface area contributed by atoms with Gasteiger partial charge in [0.25, 0.3) is 0 Å². The number of nitrogens with zero attached hydrogens (tertiary/aromatic N) is 1. The number of rotatable bonds is 7. The smallest absolute Gasteiger partial charge is 0.337 e. The van der Waals surface area contributed by atoms with Crippen molar-refractivity contribution in [2.24, 2.45) is 0 Å². The number of carboxylic acid groups (broad SMARTS) is 1. The van der Waals surface area contributed by atoms with Crippen molar-refractivity contribution in [3.05, 3.63) is 28.5 Å². The molecule has 0 bridgehead atoms. The maximum atomic E-state index is 13.6. The topological polar surface area (TPSA) is 94.9 Å². The van der Waals surface area contributed by atoms with Crippen molar-refractivity contribution in [2.45, 2.75) is 18.2 Å². The van der Waals surface area contributed by atoms with Crippen LogP contribution in [0.1, 0.15) is 23.7 Å². The quantitative estimate of drug-likeness (QED) is 0.786. The van der Waals surface area contributed by atoms with Crippen molar-refractivity contribution in [3.63, 3.8) is 0 Å². The molecule has 0 spiro atoms.